The van der Waals surface area contributed by atoms with E-state index in [1.165, 1.54) is 38.5 Å². The molecule has 4 heteroatoms. The van der Waals surface area contributed by atoms with E-state index in [-0.39, 0.29) is 11.7 Å². The first-order valence-electron chi connectivity index (χ1n) is 9.95. The third-order valence-electron chi connectivity index (χ3n) is 5.63. The van der Waals surface area contributed by atoms with Gasteiger partial charge in [-0.15, -0.1) is 0 Å². The summed E-state index contributed by atoms with van der Waals surface area (Å²) < 4.78 is 11.9. The van der Waals surface area contributed by atoms with E-state index in [2.05, 4.69) is 6.92 Å². The summed E-state index contributed by atoms with van der Waals surface area (Å²) in [6.07, 6.45) is 10.9. The number of hydrogen-bond acceptors (Lipinski definition) is 3. The standard InChI is InChI=1S/C20H37NO3/c1-5-20(23-16-11-17-9-7-6-8-10-17)12-14-21(15-13-20)18(22)24-19(2,3)4/h17H,5-16H2,1-4H3. The van der Waals surface area contributed by atoms with Crippen molar-refractivity contribution in [3.63, 3.8) is 0 Å². The van der Waals surface area contributed by atoms with Crippen molar-refractivity contribution in [2.75, 3.05) is 19.7 Å². The summed E-state index contributed by atoms with van der Waals surface area (Å²) in [6, 6.07) is 0. The molecule has 0 bridgehead atoms. The van der Waals surface area contributed by atoms with E-state index in [9.17, 15) is 4.79 Å². The maximum atomic E-state index is 12.2. The lowest BCUT2D eigenvalue weighted by Crippen LogP contribution is -2.49. The van der Waals surface area contributed by atoms with Crippen LogP contribution in [0, 0.1) is 5.92 Å². The SMILES string of the molecule is CCC1(OCCC2CCCCC2)CCN(C(=O)OC(C)(C)C)CC1. The summed E-state index contributed by atoms with van der Waals surface area (Å²) in [5.74, 6) is 0.870. The Morgan fingerprint density at radius 1 is 1.12 bits per heavy atom. The maximum Gasteiger partial charge on any atom is 0.410 e. The van der Waals surface area contributed by atoms with E-state index in [1.807, 2.05) is 25.7 Å². The van der Waals surface area contributed by atoms with Gasteiger partial charge in [0.1, 0.15) is 5.60 Å². The number of piperidine rings is 1. The van der Waals surface area contributed by atoms with E-state index in [4.69, 9.17) is 9.47 Å². The number of carbonyl (C=O) groups is 1. The highest BCUT2D eigenvalue weighted by molar-refractivity contribution is 5.68. The molecule has 0 spiro atoms. The Morgan fingerprint density at radius 3 is 2.29 bits per heavy atom. The van der Waals surface area contributed by atoms with E-state index >= 15 is 0 Å². The number of hydrogen-bond donors (Lipinski definition) is 0. The number of ether oxygens (including phenoxy) is 2. The van der Waals surface area contributed by atoms with Gasteiger partial charge >= 0.3 is 6.09 Å². The van der Waals surface area contributed by atoms with Crippen LogP contribution in [-0.2, 0) is 9.47 Å². The highest BCUT2D eigenvalue weighted by Gasteiger charge is 2.36. The zero-order valence-electron chi connectivity index (χ0n) is 16.2. The number of likely N-dealkylation sites (tertiary alicyclic amines) is 1. The third-order valence-corrected chi connectivity index (χ3v) is 5.63. The molecule has 24 heavy (non-hydrogen) atoms. The maximum absolute atomic E-state index is 12.2. The molecule has 2 aliphatic rings. The van der Waals surface area contributed by atoms with Crippen molar-refractivity contribution < 1.29 is 14.3 Å². The van der Waals surface area contributed by atoms with Crippen LogP contribution < -0.4 is 0 Å². The summed E-state index contributed by atoms with van der Waals surface area (Å²) in [6.45, 7) is 10.3. The molecule has 0 unspecified atom stereocenters. The van der Waals surface area contributed by atoms with Crippen LogP contribution in [-0.4, -0.2) is 41.9 Å². The van der Waals surface area contributed by atoms with Crippen LogP contribution in [0.25, 0.3) is 0 Å². The second-order valence-corrected chi connectivity index (χ2v) is 8.65. The molecule has 0 atom stereocenters. The van der Waals surface area contributed by atoms with Crippen LogP contribution in [0.5, 0.6) is 0 Å². The van der Waals surface area contributed by atoms with Crippen molar-refractivity contribution in [1.82, 2.24) is 4.90 Å². The molecule has 0 aromatic heterocycles. The van der Waals surface area contributed by atoms with Crippen molar-refractivity contribution >= 4 is 6.09 Å². The minimum absolute atomic E-state index is 0.0345. The number of rotatable bonds is 5. The second kappa shape index (κ2) is 8.55. The fourth-order valence-electron chi connectivity index (χ4n) is 3.94. The van der Waals surface area contributed by atoms with Gasteiger partial charge in [0.25, 0.3) is 0 Å². The van der Waals surface area contributed by atoms with E-state index in [1.54, 1.807) is 0 Å². The summed E-state index contributed by atoms with van der Waals surface area (Å²) >= 11 is 0. The van der Waals surface area contributed by atoms with Gasteiger partial charge in [-0.2, -0.15) is 0 Å². The van der Waals surface area contributed by atoms with E-state index in [0.29, 0.717) is 0 Å². The van der Waals surface area contributed by atoms with Crippen LogP contribution in [0.15, 0.2) is 0 Å². The summed E-state index contributed by atoms with van der Waals surface area (Å²) in [4.78, 5) is 14.0. The Balaban J connectivity index is 1.75. The largest absolute Gasteiger partial charge is 0.444 e. The molecule has 0 aromatic rings. The third kappa shape index (κ3) is 5.94. The van der Waals surface area contributed by atoms with Gasteiger partial charge in [0.2, 0.25) is 0 Å². The van der Waals surface area contributed by atoms with Crippen LogP contribution in [0.4, 0.5) is 4.79 Å². The zero-order chi connectivity index (χ0) is 17.6. The molecule has 1 saturated carbocycles. The molecule has 1 aliphatic heterocycles. The van der Waals surface area contributed by atoms with Gasteiger partial charge in [-0.1, -0.05) is 39.0 Å². The van der Waals surface area contributed by atoms with Gasteiger partial charge < -0.3 is 14.4 Å². The summed E-state index contributed by atoms with van der Waals surface area (Å²) in [5.41, 5.74) is -0.458. The quantitative estimate of drug-likeness (QED) is 0.695. The molecule has 2 rings (SSSR count). The first-order chi connectivity index (χ1) is 11.3. The number of nitrogens with zero attached hydrogens (tertiary/aromatic N) is 1. The minimum atomic E-state index is -0.424. The molecular formula is C20H37NO3. The molecule has 0 aromatic carbocycles. The van der Waals surface area contributed by atoms with E-state index in [0.717, 1.165) is 44.9 Å². The van der Waals surface area contributed by atoms with Gasteiger partial charge in [0.05, 0.1) is 5.60 Å². The van der Waals surface area contributed by atoms with Crippen LogP contribution in [0.3, 0.4) is 0 Å². The number of carbonyl (C=O) groups excluding carboxylic acids is 1. The van der Waals surface area contributed by atoms with Gasteiger partial charge in [0.15, 0.2) is 0 Å². The highest BCUT2D eigenvalue weighted by atomic mass is 16.6. The Morgan fingerprint density at radius 2 is 1.75 bits per heavy atom. The van der Waals surface area contributed by atoms with Crippen LogP contribution >= 0.6 is 0 Å². The lowest BCUT2D eigenvalue weighted by molar-refractivity contribution is -0.0905. The van der Waals surface area contributed by atoms with Gasteiger partial charge in [-0.3, -0.25) is 0 Å². The highest BCUT2D eigenvalue weighted by Crippen LogP contribution is 2.32. The lowest BCUT2D eigenvalue weighted by atomic mass is 9.86. The fraction of sp³-hybridized carbons (Fsp3) is 0.950. The Labute approximate surface area is 148 Å². The molecule has 140 valence electrons. The fourth-order valence-corrected chi connectivity index (χ4v) is 3.94. The predicted molar refractivity (Wildman–Crippen MR) is 97.2 cm³/mol. The van der Waals surface area contributed by atoms with Crippen LogP contribution in [0.2, 0.25) is 0 Å². The van der Waals surface area contributed by atoms with Crippen molar-refractivity contribution in [2.24, 2.45) is 5.92 Å². The second-order valence-electron chi connectivity index (χ2n) is 8.65. The van der Waals surface area contributed by atoms with Crippen molar-refractivity contribution in [2.45, 2.75) is 96.7 Å². The van der Waals surface area contributed by atoms with Gasteiger partial charge in [-0.25, -0.2) is 4.79 Å². The molecule has 0 N–H and O–H groups in total. The minimum Gasteiger partial charge on any atom is -0.444 e. The zero-order valence-corrected chi connectivity index (χ0v) is 16.2. The predicted octanol–water partition coefficient (Wildman–Crippen LogP) is 5.15. The molecule has 1 amide bonds. The van der Waals surface area contributed by atoms with Crippen molar-refractivity contribution in [1.29, 1.82) is 0 Å². The van der Waals surface area contributed by atoms with Crippen LogP contribution in [0.1, 0.15) is 85.5 Å². The smallest absolute Gasteiger partial charge is 0.410 e. The first-order valence-corrected chi connectivity index (χ1v) is 9.95. The molecule has 0 radical (unpaired) electrons. The first kappa shape index (κ1) is 19.6. The topological polar surface area (TPSA) is 38.8 Å². The molecule has 1 saturated heterocycles. The molecule has 1 heterocycles. The molecule has 1 aliphatic carbocycles. The Kier molecular flexibility index (Phi) is 6.97. The van der Waals surface area contributed by atoms with Crippen molar-refractivity contribution in [3.05, 3.63) is 0 Å². The monoisotopic (exact) mass is 339 g/mol. The van der Waals surface area contributed by atoms with Gasteiger partial charge in [0, 0.05) is 19.7 Å². The normalized spacial score (nSPS) is 22.4. The summed E-state index contributed by atoms with van der Waals surface area (Å²) in [7, 11) is 0. The summed E-state index contributed by atoms with van der Waals surface area (Å²) in [5, 5.41) is 0. The van der Waals surface area contributed by atoms with E-state index < -0.39 is 5.60 Å². The Hall–Kier alpha value is -0.770. The average molecular weight is 340 g/mol. The lowest BCUT2D eigenvalue weighted by Gasteiger charge is -2.41. The number of amides is 1. The van der Waals surface area contributed by atoms with Crippen molar-refractivity contribution in [3.8, 4) is 0 Å². The molecule has 2 fully saturated rings. The molecule has 4 nitrogen and oxygen atoms in total. The van der Waals surface area contributed by atoms with Gasteiger partial charge in [-0.05, 0) is 52.4 Å². The Bertz CT molecular complexity index is 388. The molecular weight excluding hydrogens is 302 g/mol. The average Bonchev–Trinajstić information content (AvgIpc) is 2.55.